The van der Waals surface area contributed by atoms with Crippen LogP contribution >= 0.6 is 0 Å². The average molecular weight is 155 g/mol. The van der Waals surface area contributed by atoms with Gasteiger partial charge in [0.25, 0.3) is 5.91 Å². The molecule has 0 bridgehead atoms. The number of primary amides is 1. The second-order valence-electron chi connectivity index (χ2n) is 3.36. The lowest BCUT2D eigenvalue weighted by molar-refractivity contribution is -0.507. The number of carbonyl (C=O) groups excluding carboxylic acids is 1. The first-order valence-electron chi connectivity index (χ1n) is 4.48. The van der Waals surface area contributed by atoms with Gasteiger partial charge in [0.2, 0.25) is 0 Å². The van der Waals surface area contributed by atoms with Gasteiger partial charge in [0.1, 0.15) is 0 Å². The van der Waals surface area contributed by atoms with Crippen molar-refractivity contribution < 1.29 is 10.1 Å². The van der Waals surface area contributed by atoms with Crippen molar-refractivity contribution in [1.82, 2.24) is 0 Å². The Morgan fingerprint density at radius 3 is 2.64 bits per heavy atom. The number of rotatable bonds is 3. The van der Waals surface area contributed by atoms with E-state index >= 15 is 0 Å². The molecule has 2 heteroatoms. The average Bonchev–Trinajstić information content (AvgIpc) is 2.52. The molecule has 1 fully saturated rings. The molecule has 0 aliphatic heterocycles. The summed E-state index contributed by atoms with van der Waals surface area (Å²) in [5.41, 5.74) is 0. The first kappa shape index (κ1) is 8.72. The Morgan fingerprint density at radius 1 is 1.45 bits per heavy atom. The number of nitrogens with two attached hydrogens (primary N) is 1. The van der Waals surface area contributed by atoms with Crippen molar-refractivity contribution in [3.8, 4) is 0 Å². The molecular formula is C9H17NO. The van der Waals surface area contributed by atoms with Gasteiger partial charge in [-0.25, -0.2) is 4.79 Å². The molecule has 0 aromatic rings. The molecular weight excluding hydrogens is 138 g/mol. The largest absolute Gasteiger partial charge is 0.415 e. The molecule has 0 radical (unpaired) electrons. The molecule has 2 N–H and O–H groups in total. The van der Waals surface area contributed by atoms with Crippen molar-refractivity contribution in [2.24, 2.45) is 5.92 Å². The molecule has 1 aliphatic carbocycles. The molecule has 0 spiro atoms. The third-order valence-corrected chi connectivity index (χ3v) is 2.50. The van der Waals surface area contributed by atoms with Gasteiger partial charge >= 0.3 is 0 Å². The second-order valence-corrected chi connectivity index (χ2v) is 3.36. The molecule has 0 saturated heterocycles. The number of hydrogen-bond donors (Lipinski definition) is 1. The van der Waals surface area contributed by atoms with Crippen LogP contribution < -0.4 is 5.32 Å². The summed E-state index contributed by atoms with van der Waals surface area (Å²) in [6, 6.07) is 0. The van der Waals surface area contributed by atoms with E-state index in [0.29, 0.717) is 6.42 Å². The summed E-state index contributed by atoms with van der Waals surface area (Å²) in [5, 5.41) is 1.44. The Kier molecular flexibility index (Phi) is 3.57. The summed E-state index contributed by atoms with van der Waals surface area (Å²) >= 11 is 0. The Hall–Kier alpha value is -0.370. The van der Waals surface area contributed by atoms with Gasteiger partial charge in [-0.2, -0.15) is 0 Å². The predicted molar refractivity (Wildman–Crippen MR) is 43.5 cm³/mol. The summed E-state index contributed by atoms with van der Waals surface area (Å²) < 4.78 is 0. The van der Waals surface area contributed by atoms with Crippen LogP contribution in [0.2, 0.25) is 0 Å². The maximum Gasteiger partial charge on any atom is 0.284 e. The minimum atomic E-state index is 0.205. The minimum Gasteiger partial charge on any atom is -0.415 e. The van der Waals surface area contributed by atoms with Crippen molar-refractivity contribution in [2.75, 3.05) is 0 Å². The highest BCUT2D eigenvalue weighted by Crippen LogP contribution is 2.28. The summed E-state index contributed by atoms with van der Waals surface area (Å²) in [6.07, 6.45) is 7.22. The van der Waals surface area contributed by atoms with Crippen molar-refractivity contribution in [2.45, 2.75) is 38.5 Å². The Labute approximate surface area is 68.4 Å². The highest BCUT2D eigenvalue weighted by atomic mass is 16.1. The standard InChI is InChI=1S/C9H17NO/c1-10-9(11)7-6-8-4-2-3-5-8/h8H,1-7,10H2. The first-order valence-corrected chi connectivity index (χ1v) is 4.48. The van der Waals surface area contributed by atoms with E-state index in [0.717, 1.165) is 12.3 Å². The van der Waals surface area contributed by atoms with Gasteiger partial charge in [0, 0.05) is 0 Å². The number of amides is 1. The van der Waals surface area contributed by atoms with Crippen LogP contribution in [0.1, 0.15) is 38.5 Å². The maximum absolute atomic E-state index is 10.9. The van der Waals surface area contributed by atoms with Gasteiger partial charge in [0.05, 0.1) is 6.42 Å². The van der Waals surface area contributed by atoms with Crippen molar-refractivity contribution in [3.05, 3.63) is 7.05 Å². The Balaban J connectivity index is 2.06. The summed E-state index contributed by atoms with van der Waals surface area (Å²) in [5.74, 6) is 1.04. The van der Waals surface area contributed by atoms with Crippen LogP contribution in [0.15, 0.2) is 0 Å². The first-order chi connectivity index (χ1) is 5.33. The summed E-state index contributed by atoms with van der Waals surface area (Å²) in [6.45, 7) is 0. The van der Waals surface area contributed by atoms with E-state index in [4.69, 9.17) is 0 Å². The Bertz CT molecular complexity index is 128. The van der Waals surface area contributed by atoms with Crippen LogP contribution in [0.5, 0.6) is 0 Å². The second kappa shape index (κ2) is 4.50. The van der Waals surface area contributed by atoms with Gasteiger partial charge in [-0.05, 0) is 12.3 Å². The molecule has 64 valence electrons. The van der Waals surface area contributed by atoms with Crippen molar-refractivity contribution >= 4 is 5.91 Å². The van der Waals surface area contributed by atoms with Crippen LogP contribution in [0.3, 0.4) is 0 Å². The quantitative estimate of drug-likeness (QED) is 0.602. The molecule has 0 aromatic carbocycles. The lowest BCUT2D eigenvalue weighted by Crippen LogP contribution is -2.81. The van der Waals surface area contributed by atoms with Gasteiger partial charge in [-0.3, -0.25) is 0 Å². The van der Waals surface area contributed by atoms with Crippen LogP contribution in [-0.4, -0.2) is 5.91 Å². The SMILES string of the molecule is [CH2-][NH2+]C(=O)CCC1CCCC1. The van der Waals surface area contributed by atoms with Gasteiger partial charge in [0.15, 0.2) is 0 Å². The molecule has 1 saturated carbocycles. The van der Waals surface area contributed by atoms with Gasteiger partial charge < -0.3 is 5.32 Å². The smallest absolute Gasteiger partial charge is 0.284 e. The van der Waals surface area contributed by atoms with Crippen molar-refractivity contribution in [1.29, 1.82) is 0 Å². The normalized spacial score (nSPS) is 19.0. The van der Waals surface area contributed by atoms with Crippen molar-refractivity contribution in [3.63, 3.8) is 0 Å². The zero-order chi connectivity index (χ0) is 8.10. The van der Waals surface area contributed by atoms with Gasteiger partial charge in [-0.15, -0.1) is 7.05 Å². The Morgan fingerprint density at radius 2 is 2.09 bits per heavy atom. The van der Waals surface area contributed by atoms with E-state index in [2.05, 4.69) is 7.05 Å². The van der Waals surface area contributed by atoms with E-state index in [1.54, 1.807) is 0 Å². The van der Waals surface area contributed by atoms with E-state index in [1.807, 2.05) is 0 Å². The minimum absolute atomic E-state index is 0.205. The van der Waals surface area contributed by atoms with E-state index in [-0.39, 0.29) is 5.91 Å². The lowest BCUT2D eigenvalue weighted by atomic mass is 10.0. The van der Waals surface area contributed by atoms with E-state index in [9.17, 15) is 4.79 Å². The molecule has 0 heterocycles. The molecule has 0 atom stereocenters. The third kappa shape index (κ3) is 3.02. The van der Waals surface area contributed by atoms with E-state index < -0.39 is 0 Å². The van der Waals surface area contributed by atoms with Crippen LogP contribution in [-0.2, 0) is 4.79 Å². The molecule has 1 rings (SSSR count). The highest BCUT2D eigenvalue weighted by molar-refractivity contribution is 5.65. The fraction of sp³-hybridized carbons (Fsp3) is 0.778. The molecule has 0 aromatic heterocycles. The summed E-state index contributed by atoms with van der Waals surface area (Å²) in [7, 11) is 3.46. The molecule has 2 nitrogen and oxygen atoms in total. The molecule has 0 unspecified atom stereocenters. The third-order valence-electron chi connectivity index (χ3n) is 2.50. The fourth-order valence-corrected chi connectivity index (χ4v) is 1.75. The van der Waals surface area contributed by atoms with Gasteiger partial charge in [-0.1, -0.05) is 25.7 Å². The lowest BCUT2D eigenvalue weighted by Gasteiger charge is -2.05. The zero-order valence-corrected chi connectivity index (χ0v) is 7.01. The topological polar surface area (TPSA) is 33.7 Å². The summed E-state index contributed by atoms with van der Waals surface area (Å²) in [4.78, 5) is 10.9. The highest BCUT2D eigenvalue weighted by Gasteiger charge is 2.15. The van der Waals surface area contributed by atoms with Crippen LogP contribution in [0, 0.1) is 13.0 Å². The van der Waals surface area contributed by atoms with Crippen LogP contribution in [0.25, 0.3) is 0 Å². The number of quaternary nitrogens is 1. The molecule has 11 heavy (non-hydrogen) atoms. The number of hydrogen-bond acceptors (Lipinski definition) is 1. The van der Waals surface area contributed by atoms with E-state index in [1.165, 1.54) is 31.0 Å². The zero-order valence-electron chi connectivity index (χ0n) is 7.01. The molecule has 1 amide bonds. The fourth-order valence-electron chi connectivity index (χ4n) is 1.75. The number of carbonyl (C=O) groups is 1. The predicted octanol–water partition coefficient (Wildman–Crippen LogP) is 0.838. The molecule has 1 aliphatic rings. The monoisotopic (exact) mass is 155 g/mol. The van der Waals surface area contributed by atoms with Crippen LogP contribution in [0.4, 0.5) is 0 Å². The maximum atomic E-state index is 10.9.